The van der Waals surface area contributed by atoms with Crippen molar-refractivity contribution in [1.29, 1.82) is 0 Å². The molecule has 2 atom stereocenters. The Kier molecular flexibility index (Phi) is 6.85. The summed E-state index contributed by atoms with van der Waals surface area (Å²) in [6.45, 7) is 5.62. The van der Waals surface area contributed by atoms with Crippen molar-refractivity contribution in [3.8, 4) is 0 Å². The fourth-order valence-electron chi connectivity index (χ4n) is 1.95. The number of carbonyl (C=O) groups is 1. The molecule has 0 saturated carbocycles. The largest absolute Gasteiger partial charge is 0.462 e. The van der Waals surface area contributed by atoms with E-state index < -0.39 is 11.7 Å². The summed E-state index contributed by atoms with van der Waals surface area (Å²) >= 11 is 0. The first-order valence-corrected chi connectivity index (χ1v) is 7.43. The number of aliphatic hydroxyl groups is 2. The zero-order chi connectivity index (χ0) is 15.9. The lowest BCUT2D eigenvalue weighted by atomic mass is 9.93. The fourth-order valence-corrected chi connectivity index (χ4v) is 1.95. The first-order chi connectivity index (χ1) is 9.80. The highest BCUT2D eigenvalue weighted by atomic mass is 16.5. The average Bonchev–Trinajstić information content (AvgIpc) is 2.44. The van der Waals surface area contributed by atoms with E-state index in [1.54, 1.807) is 38.1 Å². The summed E-state index contributed by atoms with van der Waals surface area (Å²) in [5.41, 5.74) is -0.512. The van der Waals surface area contributed by atoms with Crippen LogP contribution in [0.4, 0.5) is 0 Å². The van der Waals surface area contributed by atoms with Crippen molar-refractivity contribution >= 4 is 5.97 Å². The first kappa shape index (κ1) is 17.7. The number of ether oxygens (including phenoxy) is 1. The van der Waals surface area contributed by atoms with Gasteiger partial charge in [0.05, 0.1) is 23.9 Å². The Hall–Kier alpha value is -1.39. The Balaban J connectivity index is 2.22. The van der Waals surface area contributed by atoms with Crippen LogP contribution in [-0.4, -0.2) is 34.5 Å². The lowest BCUT2D eigenvalue weighted by molar-refractivity contribution is -0.0536. The van der Waals surface area contributed by atoms with E-state index in [1.807, 2.05) is 13.0 Å². The molecule has 0 aromatic heterocycles. The van der Waals surface area contributed by atoms with E-state index in [0.717, 1.165) is 12.8 Å². The summed E-state index contributed by atoms with van der Waals surface area (Å²) in [4.78, 5) is 11.7. The second-order valence-corrected chi connectivity index (χ2v) is 6.14. The molecule has 0 spiro atoms. The monoisotopic (exact) mass is 294 g/mol. The van der Waals surface area contributed by atoms with Crippen LogP contribution in [0.1, 0.15) is 50.4 Å². The third-order valence-corrected chi connectivity index (χ3v) is 3.60. The number of hydrogen-bond donors (Lipinski definition) is 2. The average molecular weight is 294 g/mol. The van der Waals surface area contributed by atoms with Gasteiger partial charge in [-0.2, -0.15) is 0 Å². The smallest absolute Gasteiger partial charge is 0.338 e. The Labute approximate surface area is 126 Å². The minimum absolute atomic E-state index is 0.306. The molecule has 1 rings (SSSR count). The van der Waals surface area contributed by atoms with Gasteiger partial charge in [-0.1, -0.05) is 25.1 Å². The van der Waals surface area contributed by atoms with E-state index in [2.05, 4.69) is 0 Å². The molecule has 0 heterocycles. The van der Waals surface area contributed by atoms with Crippen LogP contribution >= 0.6 is 0 Å². The van der Waals surface area contributed by atoms with Crippen LogP contribution in [0, 0.1) is 5.92 Å². The Morgan fingerprint density at radius 2 is 1.81 bits per heavy atom. The number of hydrogen-bond acceptors (Lipinski definition) is 4. The summed E-state index contributed by atoms with van der Waals surface area (Å²) in [6, 6.07) is 8.91. The molecule has 2 unspecified atom stereocenters. The van der Waals surface area contributed by atoms with Crippen LogP contribution in [0.25, 0.3) is 0 Å². The van der Waals surface area contributed by atoms with Crippen molar-refractivity contribution in [2.45, 2.75) is 51.7 Å². The van der Waals surface area contributed by atoms with E-state index in [1.165, 1.54) is 0 Å². The maximum atomic E-state index is 11.7. The summed E-state index contributed by atoms with van der Waals surface area (Å²) in [5.74, 6) is 0.0184. The van der Waals surface area contributed by atoms with Crippen LogP contribution in [0.15, 0.2) is 30.3 Å². The lowest BCUT2D eigenvalue weighted by Gasteiger charge is -2.25. The second-order valence-electron chi connectivity index (χ2n) is 6.14. The number of carbonyl (C=O) groups excluding carboxylic acids is 1. The Morgan fingerprint density at radius 3 is 2.38 bits per heavy atom. The topological polar surface area (TPSA) is 66.8 Å². The van der Waals surface area contributed by atoms with Crippen molar-refractivity contribution in [1.82, 2.24) is 0 Å². The van der Waals surface area contributed by atoms with Gasteiger partial charge in [0, 0.05) is 0 Å². The first-order valence-electron chi connectivity index (χ1n) is 7.43. The van der Waals surface area contributed by atoms with Gasteiger partial charge in [0.2, 0.25) is 0 Å². The maximum absolute atomic E-state index is 11.7. The zero-order valence-electron chi connectivity index (χ0n) is 13.1. The highest BCUT2D eigenvalue weighted by Crippen LogP contribution is 2.18. The summed E-state index contributed by atoms with van der Waals surface area (Å²) in [7, 11) is 0. The molecule has 0 amide bonds. The quantitative estimate of drug-likeness (QED) is 0.724. The minimum Gasteiger partial charge on any atom is -0.462 e. The normalized spacial score (nSPS) is 14.5. The molecular weight excluding hydrogens is 268 g/mol. The molecule has 0 aliphatic carbocycles. The molecule has 2 N–H and O–H groups in total. The Bertz CT molecular complexity index is 422. The van der Waals surface area contributed by atoms with Crippen molar-refractivity contribution in [2.24, 2.45) is 5.92 Å². The summed E-state index contributed by atoms with van der Waals surface area (Å²) < 4.78 is 5.22. The van der Waals surface area contributed by atoms with Gasteiger partial charge in [0.25, 0.3) is 0 Å². The molecule has 21 heavy (non-hydrogen) atoms. The van der Waals surface area contributed by atoms with Crippen molar-refractivity contribution in [3.63, 3.8) is 0 Å². The summed E-state index contributed by atoms with van der Waals surface area (Å²) in [5, 5.41) is 19.4. The number of benzene rings is 1. The molecule has 1 aromatic rings. The molecule has 0 fully saturated rings. The zero-order valence-corrected chi connectivity index (χ0v) is 13.1. The van der Waals surface area contributed by atoms with Crippen molar-refractivity contribution in [2.75, 3.05) is 6.61 Å². The van der Waals surface area contributed by atoms with Crippen LogP contribution in [0.2, 0.25) is 0 Å². The van der Waals surface area contributed by atoms with Crippen LogP contribution in [0.3, 0.4) is 0 Å². The van der Waals surface area contributed by atoms with Gasteiger partial charge in [-0.25, -0.2) is 4.79 Å². The molecule has 4 heteroatoms. The summed E-state index contributed by atoms with van der Waals surface area (Å²) in [6.07, 6.45) is 1.34. The SMILES string of the molecule is CC(CCOC(=O)c1ccccc1)CCC(O)C(C)(C)O. The van der Waals surface area contributed by atoms with Gasteiger partial charge in [-0.3, -0.25) is 0 Å². The van der Waals surface area contributed by atoms with Gasteiger partial charge < -0.3 is 14.9 Å². The predicted octanol–water partition coefficient (Wildman–Crippen LogP) is 2.78. The number of esters is 1. The van der Waals surface area contributed by atoms with E-state index >= 15 is 0 Å². The highest BCUT2D eigenvalue weighted by Gasteiger charge is 2.24. The third-order valence-electron chi connectivity index (χ3n) is 3.60. The molecule has 118 valence electrons. The maximum Gasteiger partial charge on any atom is 0.338 e. The van der Waals surface area contributed by atoms with E-state index in [4.69, 9.17) is 4.74 Å². The lowest BCUT2D eigenvalue weighted by Crippen LogP contribution is -2.36. The second kappa shape index (κ2) is 8.15. The van der Waals surface area contributed by atoms with Crippen molar-refractivity contribution < 1.29 is 19.7 Å². The van der Waals surface area contributed by atoms with E-state index in [9.17, 15) is 15.0 Å². The molecule has 1 aromatic carbocycles. The van der Waals surface area contributed by atoms with Gasteiger partial charge >= 0.3 is 5.97 Å². The van der Waals surface area contributed by atoms with E-state index in [-0.39, 0.29) is 5.97 Å². The number of rotatable bonds is 8. The highest BCUT2D eigenvalue weighted by molar-refractivity contribution is 5.89. The van der Waals surface area contributed by atoms with Gasteiger partial charge in [-0.15, -0.1) is 0 Å². The van der Waals surface area contributed by atoms with Gasteiger partial charge in [0.15, 0.2) is 0 Å². The standard InChI is InChI=1S/C17H26O4/c1-13(9-10-15(18)17(2,3)20)11-12-21-16(19)14-7-5-4-6-8-14/h4-8,13,15,18,20H,9-12H2,1-3H3. The molecule has 0 bridgehead atoms. The number of aliphatic hydroxyl groups excluding tert-OH is 1. The third kappa shape index (κ3) is 6.74. The van der Waals surface area contributed by atoms with E-state index in [0.29, 0.717) is 24.5 Å². The molecule has 0 aliphatic rings. The Morgan fingerprint density at radius 1 is 1.19 bits per heavy atom. The van der Waals surface area contributed by atoms with Gasteiger partial charge in [0.1, 0.15) is 0 Å². The van der Waals surface area contributed by atoms with Crippen LogP contribution < -0.4 is 0 Å². The van der Waals surface area contributed by atoms with Gasteiger partial charge in [-0.05, 0) is 51.2 Å². The van der Waals surface area contributed by atoms with Crippen molar-refractivity contribution in [3.05, 3.63) is 35.9 Å². The molecular formula is C17H26O4. The van der Waals surface area contributed by atoms with Crippen LogP contribution in [0.5, 0.6) is 0 Å². The minimum atomic E-state index is -1.07. The molecule has 4 nitrogen and oxygen atoms in total. The predicted molar refractivity (Wildman–Crippen MR) is 82.0 cm³/mol. The fraction of sp³-hybridized carbons (Fsp3) is 0.588. The molecule has 0 radical (unpaired) electrons. The van der Waals surface area contributed by atoms with Crippen LogP contribution in [-0.2, 0) is 4.74 Å². The molecule has 0 aliphatic heterocycles. The molecule has 0 saturated heterocycles.